The summed E-state index contributed by atoms with van der Waals surface area (Å²) in [6, 6.07) is 7.07. The standard InChI is InChI=1S/C16H26N2O2/c1-5-17-11-12(3)16(20)18(6-2)13(4)14-8-7-9-15(19)10-14/h7-10,12-13,17,19H,5-6,11H2,1-4H3. The summed E-state index contributed by atoms with van der Waals surface area (Å²) in [5.74, 6) is 0.331. The fourth-order valence-corrected chi connectivity index (χ4v) is 2.32. The summed E-state index contributed by atoms with van der Waals surface area (Å²) < 4.78 is 0. The molecule has 0 saturated carbocycles. The van der Waals surface area contributed by atoms with Gasteiger partial charge in [0.2, 0.25) is 5.91 Å². The van der Waals surface area contributed by atoms with Gasteiger partial charge in [-0.25, -0.2) is 0 Å². The van der Waals surface area contributed by atoms with Crippen molar-refractivity contribution in [3.8, 4) is 5.75 Å². The van der Waals surface area contributed by atoms with Crippen molar-refractivity contribution in [3.05, 3.63) is 29.8 Å². The monoisotopic (exact) mass is 278 g/mol. The summed E-state index contributed by atoms with van der Waals surface area (Å²) in [5.41, 5.74) is 0.954. The first-order valence-electron chi connectivity index (χ1n) is 7.31. The Hall–Kier alpha value is -1.55. The number of hydrogen-bond donors (Lipinski definition) is 2. The fraction of sp³-hybridized carbons (Fsp3) is 0.562. The summed E-state index contributed by atoms with van der Waals surface area (Å²) in [7, 11) is 0. The molecule has 1 rings (SSSR count). The van der Waals surface area contributed by atoms with Crippen molar-refractivity contribution in [2.75, 3.05) is 19.6 Å². The third-order valence-corrected chi connectivity index (χ3v) is 3.57. The fourth-order valence-electron chi connectivity index (χ4n) is 2.32. The Balaban J connectivity index is 2.81. The largest absolute Gasteiger partial charge is 0.508 e. The van der Waals surface area contributed by atoms with E-state index in [0.29, 0.717) is 13.1 Å². The molecule has 0 aliphatic rings. The molecular weight excluding hydrogens is 252 g/mol. The van der Waals surface area contributed by atoms with Gasteiger partial charge in [-0.1, -0.05) is 26.0 Å². The van der Waals surface area contributed by atoms with Crippen LogP contribution in [0.4, 0.5) is 0 Å². The highest BCUT2D eigenvalue weighted by Gasteiger charge is 2.24. The van der Waals surface area contributed by atoms with E-state index in [0.717, 1.165) is 12.1 Å². The topological polar surface area (TPSA) is 52.6 Å². The van der Waals surface area contributed by atoms with Crippen molar-refractivity contribution in [3.63, 3.8) is 0 Å². The second-order valence-electron chi connectivity index (χ2n) is 5.10. The number of rotatable bonds is 7. The molecule has 0 radical (unpaired) electrons. The highest BCUT2D eigenvalue weighted by molar-refractivity contribution is 5.79. The van der Waals surface area contributed by atoms with E-state index in [9.17, 15) is 9.90 Å². The molecule has 1 aromatic rings. The van der Waals surface area contributed by atoms with E-state index in [1.807, 2.05) is 44.7 Å². The van der Waals surface area contributed by atoms with Crippen LogP contribution in [0.2, 0.25) is 0 Å². The molecule has 20 heavy (non-hydrogen) atoms. The van der Waals surface area contributed by atoms with E-state index in [2.05, 4.69) is 5.32 Å². The van der Waals surface area contributed by atoms with Crippen LogP contribution >= 0.6 is 0 Å². The van der Waals surface area contributed by atoms with Gasteiger partial charge in [0.15, 0.2) is 0 Å². The van der Waals surface area contributed by atoms with E-state index >= 15 is 0 Å². The number of carbonyl (C=O) groups is 1. The molecule has 2 atom stereocenters. The molecule has 2 N–H and O–H groups in total. The molecule has 0 aliphatic carbocycles. The van der Waals surface area contributed by atoms with Crippen molar-refractivity contribution < 1.29 is 9.90 Å². The van der Waals surface area contributed by atoms with E-state index < -0.39 is 0 Å². The van der Waals surface area contributed by atoms with E-state index in [1.54, 1.807) is 12.1 Å². The van der Waals surface area contributed by atoms with E-state index in [4.69, 9.17) is 0 Å². The van der Waals surface area contributed by atoms with Crippen molar-refractivity contribution >= 4 is 5.91 Å². The molecule has 0 heterocycles. The molecule has 1 amide bonds. The first kappa shape index (κ1) is 16.5. The first-order chi connectivity index (χ1) is 9.51. The van der Waals surface area contributed by atoms with Crippen LogP contribution in [0.25, 0.3) is 0 Å². The Morgan fingerprint density at radius 3 is 2.60 bits per heavy atom. The van der Waals surface area contributed by atoms with Gasteiger partial charge in [-0.15, -0.1) is 0 Å². The van der Waals surface area contributed by atoms with Gasteiger partial charge in [0, 0.05) is 19.0 Å². The van der Waals surface area contributed by atoms with Crippen molar-refractivity contribution in [1.29, 1.82) is 0 Å². The van der Waals surface area contributed by atoms with Crippen LogP contribution in [0.5, 0.6) is 5.75 Å². The van der Waals surface area contributed by atoms with Gasteiger partial charge in [-0.05, 0) is 38.1 Å². The van der Waals surface area contributed by atoms with Crippen molar-refractivity contribution in [2.24, 2.45) is 5.92 Å². The van der Waals surface area contributed by atoms with Crippen LogP contribution in [-0.4, -0.2) is 35.5 Å². The van der Waals surface area contributed by atoms with Crippen LogP contribution in [0.1, 0.15) is 39.3 Å². The summed E-state index contributed by atoms with van der Waals surface area (Å²) in [4.78, 5) is 14.4. The molecule has 4 nitrogen and oxygen atoms in total. The average molecular weight is 278 g/mol. The number of amides is 1. The number of nitrogens with zero attached hydrogens (tertiary/aromatic N) is 1. The number of hydrogen-bond acceptors (Lipinski definition) is 3. The second-order valence-corrected chi connectivity index (χ2v) is 5.10. The number of nitrogens with one attached hydrogen (secondary N) is 1. The molecule has 112 valence electrons. The minimum absolute atomic E-state index is 0.0383. The molecule has 0 aromatic heterocycles. The van der Waals surface area contributed by atoms with Crippen molar-refractivity contribution in [1.82, 2.24) is 10.2 Å². The SMILES string of the molecule is CCNCC(C)C(=O)N(CC)C(C)c1cccc(O)c1. The van der Waals surface area contributed by atoms with Gasteiger partial charge in [0.05, 0.1) is 6.04 Å². The maximum absolute atomic E-state index is 12.5. The molecule has 0 spiro atoms. The van der Waals surface area contributed by atoms with Gasteiger partial charge in [-0.3, -0.25) is 4.79 Å². The number of benzene rings is 1. The molecule has 0 bridgehead atoms. The van der Waals surface area contributed by atoms with Gasteiger partial charge in [0.25, 0.3) is 0 Å². The molecular formula is C16H26N2O2. The van der Waals surface area contributed by atoms with Gasteiger partial charge in [0.1, 0.15) is 5.75 Å². The lowest BCUT2D eigenvalue weighted by Gasteiger charge is -2.31. The van der Waals surface area contributed by atoms with Crippen LogP contribution in [0.15, 0.2) is 24.3 Å². The van der Waals surface area contributed by atoms with Crippen LogP contribution in [0.3, 0.4) is 0 Å². The predicted molar refractivity (Wildman–Crippen MR) is 81.6 cm³/mol. The second kappa shape index (κ2) is 7.90. The minimum atomic E-state index is -0.0466. The molecule has 0 aliphatic heterocycles. The Morgan fingerprint density at radius 2 is 2.05 bits per heavy atom. The maximum Gasteiger partial charge on any atom is 0.227 e. The molecule has 2 unspecified atom stereocenters. The normalized spacial score (nSPS) is 13.8. The van der Waals surface area contributed by atoms with Gasteiger partial charge >= 0.3 is 0 Å². The summed E-state index contributed by atoms with van der Waals surface area (Å²) in [6.45, 7) is 10.2. The number of phenols is 1. The summed E-state index contributed by atoms with van der Waals surface area (Å²) in [5, 5.41) is 12.8. The molecule has 4 heteroatoms. The molecule has 0 fully saturated rings. The van der Waals surface area contributed by atoms with Gasteiger partial charge < -0.3 is 15.3 Å². The van der Waals surface area contributed by atoms with Crippen molar-refractivity contribution in [2.45, 2.75) is 33.7 Å². The zero-order valence-corrected chi connectivity index (χ0v) is 12.9. The lowest BCUT2D eigenvalue weighted by molar-refractivity contribution is -0.136. The Kier molecular flexibility index (Phi) is 6.52. The van der Waals surface area contributed by atoms with E-state index in [-0.39, 0.29) is 23.6 Å². The smallest absolute Gasteiger partial charge is 0.227 e. The lowest BCUT2D eigenvalue weighted by atomic mass is 10.0. The van der Waals surface area contributed by atoms with Crippen LogP contribution < -0.4 is 5.32 Å². The zero-order valence-electron chi connectivity index (χ0n) is 12.9. The third-order valence-electron chi connectivity index (χ3n) is 3.57. The maximum atomic E-state index is 12.5. The van der Waals surface area contributed by atoms with Crippen LogP contribution in [0, 0.1) is 5.92 Å². The summed E-state index contributed by atoms with van der Waals surface area (Å²) in [6.07, 6.45) is 0. The third kappa shape index (κ3) is 4.23. The summed E-state index contributed by atoms with van der Waals surface area (Å²) >= 11 is 0. The van der Waals surface area contributed by atoms with Gasteiger partial charge in [-0.2, -0.15) is 0 Å². The lowest BCUT2D eigenvalue weighted by Crippen LogP contribution is -2.40. The number of aromatic hydroxyl groups is 1. The molecule has 1 aromatic carbocycles. The number of phenolic OH excluding ortho intramolecular Hbond substituents is 1. The predicted octanol–water partition coefficient (Wildman–Crippen LogP) is 2.55. The quantitative estimate of drug-likeness (QED) is 0.806. The highest BCUT2D eigenvalue weighted by Crippen LogP contribution is 2.24. The average Bonchev–Trinajstić information content (AvgIpc) is 2.45. The van der Waals surface area contributed by atoms with Crippen LogP contribution in [-0.2, 0) is 4.79 Å². The highest BCUT2D eigenvalue weighted by atomic mass is 16.3. The number of carbonyl (C=O) groups excluding carboxylic acids is 1. The first-order valence-corrected chi connectivity index (χ1v) is 7.31. The minimum Gasteiger partial charge on any atom is -0.508 e. The Morgan fingerprint density at radius 1 is 1.35 bits per heavy atom. The van der Waals surface area contributed by atoms with E-state index in [1.165, 1.54) is 0 Å². The zero-order chi connectivity index (χ0) is 15.1. The Labute approximate surface area is 121 Å². The molecule has 0 saturated heterocycles. The Bertz CT molecular complexity index is 434.